The van der Waals surface area contributed by atoms with E-state index in [1.54, 1.807) is 18.2 Å². The lowest BCUT2D eigenvalue weighted by Gasteiger charge is -2.09. The SMILES string of the molecule is C/C(=N\NC(=O)C(=O)Nc1cccc(C(F)(F)F)c1)c1ccccc1O. The summed E-state index contributed by atoms with van der Waals surface area (Å²) in [5, 5.41) is 15.4. The molecule has 0 atom stereocenters. The van der Waals surface area contributed by atoms with Crippen LogP contribution in [0.1, 0.15) is 18.1 Å². The zero-order valence-electron chi connectivity index (χ0n) is 13.5. The highest BCUT2D eigenvalue weighted by atomic mass is 19.4. The number of hydrogen-bond acceptors (Lipinski definition) is 4. The lowest BCUT2D eigenvalue weighted by molar-refractivity contribution is -0.137. The number of amides is 2. The van der Waals surface area contributed by atoms with Crippen molar-refractivity contribution in [2.24, 2.45) is 5.10 Å². The Morgan fingerprint density at radius 3 is 2.38 bits per heavy atom. The minimum absolute atomic E-state index is 0.0589. The summed E-state index contributed by atoms with van der Waals surface area (Å²) >= 11 is 0. The first-order chi connectivity index (χ1) is 12.2. The van der Waals surface area contributed by atoms with Gasteiger partial charge < -0.3 is 10.4 Å². The van der Waals surface area contributed by atoms with E-state index in [0.717, 1.165) is 12.1 Å². The maximum atomic E-state index is 12.6. The summed E-state index contributed by atoms with van der Waals surface area (Å²) in [4.78, 5) is 23.5. The fourth-order valence-electron chi connectivity index (χ4n) is 1.99. The third-order valence-corrected chi connectivity index (χ3v) is 3.27. The summed E-state index contributed by atoms with van der Waals surface area (Å²) in [6.45, 7) is 1.50. The molecule has 0 heterocycles. The zero-order chi connectivity index (χ0) is 19.3. The fourth-order valence-corrected chi connectivity index (χ4v) is 1.99. The smallest absolute Gasteiger partial charge is 0.416 e. The number of nitrogens with zero attached hydrogens (tertiary/aromatic N) is 1. The molecule has 0 aliphatic rings. The molecule has 26 heavy (non-hydrogen) atoms. The second-order valence-electron chi connectivity index (χ2n) is 5.19. The van der Waals surface area contributed by atoms with Crippen molar-refractivity contribution >= 4 is 23.2 Å². The summed E-state index contributed by atoms with van der Waals surface area (Å²) in [6, 6.07) is 10.1. The van der Waals surface area contributed by atoms with Gasteiger partial charge in [0.25, 0.3) is 0 Å². The predicted molar refractivity (Wildman–Crippen MR) is 88.5 cm³/mol. The van der Waals surface area contributed by atoms with E-state index in [9.17, 15) is 27.9 Å². The largest absolute Gasteiger partial charge is 0.507 e. The molecule has 0 saturated carbocycles. The Hall–Kier alpha value is -3.36. The average Bonchev–Trinajstić information content (AvgIpc) is 2.59. The van der Waals surface area contributed by atoms with Gasteiger partial charge in [0.1, 0.15) is 5.75 Å². The molecular weight excluding hydrogens is 351 g/mol. The van der Waals surface area contributed by atoms with Gasteiger partial charge in [-0.15, -0.1) is 0 Å². The molecule has 0 saturated heterocycles. The van der Waals surface area contributed by atoms with Gasteiger partial charge in [-0.3, -0.25) is 9.59 Å². The number of hydrogen-bond donors (Lipinski definition) is 3. The summed E-state index contributed by atoms with van der Waals surface area (Å²) in [5.41, 5.74) is 1.43. The lowest BCUT2D eigenvalue weighted by Crippen LogP contribution is -2.33. The standard InChI is InChI=1S/C17H14F3N3O3/c1-10(13-7-2-3-8-14(13)24)22-23-16(26)15(25)21-12-6-4-5-11(9-12)17(18,19)20/h2-9,24H,1H3,(H,21,25)(H,23,26)/b22-10+. The fraction of sp³-hybridized carbons (Fsp3) is 0.118. The number of rotatable bonds is 3. The van der Waals surface area contributed by atoms with E-state index in [0.29, 0.717) is 11.6 Å². The first kappa shape index (κ1) is 19.0. The minimum Gasteiger partial charge on any atom is -0.507 e. The van der Waals surface area contributed by atoms with E-state index in [-0.39, 0.29) is 17.1 Å². The number of halogens is 3. The van der Waals surface area contributed by atoms with Crippen molar-refractivity contribution in [1.82, 2.24) is 5.43 Å². The summed E-state index contributed by atoms with van der Waals surface area (Å²) in [7, 11) is 0. The normalized spacial score (nSPS) is 11.8. The molecule has 6 nitrogen and oxygen atoms in total. The van der Waals surface area contributed by atoms with Crippen LogP contribution in [-0.2, 0) is 15.8 Å². The van der Waals surface area contributed by atoms with Crippen LogP contribution in [0.5, 0.6) is 5.75 Å². The van der Waals surface area contributed by atoms with E-state index >= 15 is 0 Å². The van der Waals surface area contributed by atoms with Crippen molar-refractivity contribution in [1.29, 1.82) is 0 Å². The number of alkyl halides is 3. The number of hydrazone groups is 1. The molecule has 0 unspecified atom stereocenters. The quantitative estimate of drug-likeness (QED) is 0.444. The Labute approximate surface area is 146 Å². The van der Waals surface area contributed by atoms with E-state index in [1.165, 1.54) is 19.1 Å². The Morgan fingerprint density at radius 2 is 1.73 bits per heavy atom. The molecule has 0 aromatic heterocycles. The second-order valence-corrected chi connectivity index (χ2v) is 5.19. The van der Waals surface area contributed by atoms with Crippen LogP contribution >= 0.6 is 0 Å². The van der Waals surface area contributed by atoms with Crippen molar-refractivity contribution in [2.45, 2.75) is 13.1 Å². The van der Waals surface area contributed by atoms with Gasteiger partial charge in [0.05, 0.1) is 11.3 Å². The summed E-state index contributed by atoms with van der Waals surface area (Å²) in [6.07, 6.45) is -4.57. The minimum atomic E-state index is -4.57. The first-order valence-electron chi connectivity index (χ1n) is 7.29. The summed E-state index contributed by atoms with van der Waals surface area (Å²) < 4.78 is 37.9. The number of anilines is 1. The van der Waals surface area contributed by atoms with Crippen LogP contribution < -0.4 is 10.7 Å². The Morgan fingerprint density at radius 1 is 1.04 bits per heavy atom. The molecule has 2 aromatic carbocycles. The number of carbonyl (C=O) groups is 2. The Bertz CT molecular complexity index is 864. The van der Waals surface area contributed by atoms with Gasteiger partial charge in [0.15, 0.2) is 0 Å². The number of carbonyl (C=O) groups excluding carboxylic acids is 2. The van der Waals surface area contributed by atoms with E-state index in [2.05, 4.69) is 10.4 Å². The Kier molecular flexibility index (Phi) is 5.61. The van der Waals surface area contributed by atoms with Gasteiger partial charge in [0.2, 0.25) is 0 Å². The van der Waals surface area contributed by atoms with Crippen LogP contribution in [0.3, 0.4) is 0 Å². The number of phenolic OH excluding ortho intramolecular Hbond substituents is 1. The van der Waals surface area contributed by atoms with Crippen molar-refractivity contribution in [3.8, 4) is 5.75 Å². The van der Waals surface area contributed by atoms with Crippen LogP contribution in [-0.4, -0.2) is 22.6 Å². The van der Waals surface area contributed by atoms with E-state index in [1.807, 2.05) is 5.43 Å². The monoisotopic (exact) mass is 365 g/mol. The van der Waals surface area contributed by atoms with Crippen molar-refractivity contribution in [3.05, 3.63) is 59.7 Å². The molecule has 0 aliphatic heterocycles. The highest BCUT2D eigenvalue weighted by molar-refractivity contribution is 6.39. The predicted octanol–water partition coefficient (Wildman–Crippen LogP) is 2.89. The maximum absolute atomic E-state index is 12.6. The average molecular weight is 365 g/mol. The van der Waals surface area contributed by atoms with Gasteiger partial charge in [-0.25, -0.2) is 5.43 Å². The third-order valence-electron chi connectivity index (χ3n) is 3.27. The molecule has 2 aromatic rings. The second kappa shape index (κ2) is 7.68. The van der Waals surface area contributed by atoms with Crippen LogP contribution in [0.2, 0.25) is 0 Å². The molecule has 0 aliphatic carbocycles. The van der Waals surface area contributed by atoms with Gasteiger partial charge in [-0.1, -0.05) is 18.2 Å². The topological polar surface area (TPSA) is 90.8 Å². The van der Waals surface area contributed by atoms with Gasteiger partial charge >= 0.3 is 18.0 Å². The molecule has 136 valence electrons. The third kappa shape index (κ3) is 4.82. The van der Waals surface area contributed by atoms with Gasteiger partial charge in [-0.2, -0.15) is 18.3 Å². The van der Waals surface area contributed by atoms with Crippen molar-refractivity contribution in [2.75, 3.05) is 5.32 Å². The molecule has 2 rings (SSSR count). The van der Waals surface area contributed by atoms with E-state index < -0.39 is 23.6 Å². The molecule has 0 bridgehead atoms. The lowest BCUT2D eigenvalue weighted by atomic mass is 10.1. The number of nitrogens with one attached hydrogen (secondary N) is 2. The maximum Gasteiger partial charge on any atom is 0.416 e. The molecular formula is C17H14F3N3O3. The van der Waals surface area contributed by atoms with Crippen LogP contribution in [0.15, 0.2) is 53.6 Å². The van der Waals surface area contributed by atoms with Crippen LogP contribution in [0, 0.1) is 0 Å². The van der Waals surface area contributed by atoms with Gasteiger partial charge in [-0.05, 0) is 37.3 Å². The zero-order valence-corrected chi connectivity index (χ0v) is 13.5. The van der Waals surface area contributed by atoms with Crippen molar-refractivity contribution < 1.29 is 27.9 Å². The highest BCUT2D eigenvalue weighted by Gasteiger charge is 2.30. The van der Waals surface area contributed by atoms with E-state index in [4.69, 9.17) is 0 Å². The van der Waals surface area contributed by atoms with Crippen LogP contribution in [0.4, 0.5) is 18.9 Å². The number of benzene rings is 2. The first-order valence-corrected chi connectivity index (χ1v) is 7.29. The highest BCUT2D eigenvalue weighted by Crippen LogP contribution is 2.30. The molecule has 3 N–H and O–H groups in total. The summed E-state index contributed by atoms with van der Waals surface area (Å²) in [5.74, 6) is -2.41. The molecule has 2 amide bonds. The number of aromatic hydroxyl groups is 1. The molecule has 0 fully saturated rings. The van der Waals surface area contributed by atoms with Gasteiger partial charge in [0, 0.05) is 11.3 Å². The molecule has 0 spiro atoms. The number of para-hydroxylation sites is 1. The molecule has 0 radical (unpaired) electrons. The number of phenols is 1. The Balaban J connectivity index is 2.03. The van der Waals surface area contributed by atoms with Crippen LogP contribution in [0.25, 0.3) is 0 Å². The molecule has 9 heteroatoms. The van der Waals surface area contributed by atoms with Crippen molar-refractivity contribution in [3.63, 3.8) is 0 Å².